The number of halogens is 1. The molecular formula is C11H14ClNOS. The topological polar surface area (TPSA) is 21.3 Å². The Morgan fingerprint density at radius 1 is 1.40 bits per heavy atom. The molecule has 1 heterocycles. The molecule has 0 aromatic heterocycles. The average molecular weight is 244 g/mol. The summed E-state index contributed by atoms with van der Waals surface area (Å²) >= 11 is 7.63. The van der Waals surface area contributed by atoms with Crippen molar-refractivity contribution in [1.82, 2.24) is 5.32 Å². The predicted octanol–water partition coefficient (Wildman–Crippen LogP) is 2.42. The second-order valence-electron chi connectivity index (χ2n) is 3.46. The quantitative estimate of drug-likeness (QED) is 0.824. The molecule has 2 rings (SSSR count). The SMILES string of the molecule is Clc1ccc(SC[C@@H]2CNCCO2)cc1. The lowest BCUT2D eigenvalue weighted by Crippen LogP contribution is -2.39. The fourth-order valence-electron chi connectivity index (χ4n) is 1.45. The van der Waals surface area contributed by atoms with Gasteiger partial charge in [0, 0.05) is 28.8 Å². The van der Waals surface area contributed by atoms with Gasteiger partial charge in [-0.3, -0.25) is 0 Å². The van der Waals surface area contributed by atoms with Crippen LogP contribution in [0.25, 0.3) is 0 Å². The lowest BCUT2D eigenvalue weighted by molar-refractivity contribution is 0.0441. The number of morpholine rings is 1. The highest BCUT2D eigenvalue weighted by atomic mass is 35.5. The van der Waals surface area contributed by atoms with Crippen molar-refractivity contribution in [2.24, 2.45) is 0 Å². The summed E-state index contributed by atoms with van der Waals surface area (Å²) in [5, 5.41) is 4.11. The minimum Gasteiger partial charge on any atom is -0.375 e. The molecule has 1 aliphatic heterocycles. The van der Waals surface area contributed by atoms with E-state index in [1.807, 2.05) is 36.0 Å². The van der Waals surface area contributed by atoms with Crippen LogP contribution in [0, 0.1) is 0 Å². The molecule has 0 amide bonds. The van der Waals surface area contributed by atoms with Crippen molar-refractivity contribution in [1.29, 1.82) is 0 Å². The van der Waals surface area contributed by atoms with Crippen LogP contribution in [0.4, 0.5) is 0 Å². The highest BCUT2D eigenvalue weighted by molar-refractivity contribution is 7.99. The van der Waals surface area contributed by atoms with Crippen LogP contribution in [0.1, 0.15) is 0 Å². The van der Waals surface area contributed by atoms with E-state index in [4.69, 9.17) is 16.3 Å². The predicted molar refractivity (Wildman–Crippen MR) is 64.8 cm³/mol. The van der Waals surface area contributed by atoms with Crippen LogP contribution in [-0.4, -0.2) is 31.6 Å². The second-order valence-corrected chi connectivity index (χ2v) is 4.99. The number of nitrogens with one attached hydrogen (secondary N) is 1. The van der Waals surface area contributed by atoms with Crippen molar-refractivity contribution in [3.05, 3.63) is 29.3 Å². The van der Waals surface area contributed by atoms with Gasteiger partial charge in [-0.1, -0.05) is 11.6 Å². The van der Waals surface area contributed by atoms with E-state index in [1.54, 1.807) is 0 Å². The minimum atomic E-state index is 0.333. The van der Waals surface area contributed by atoms with Crippen LogP contribution < -0.4 is 5.32 Å². The first-order valence-corrected chi connectivity index (χ1v) is 6.41. The zero-order chi connectivity index (χ0) is 10.5. The Hall–Kier alpha value is -0.220. The fraction of sp³-hybridized carbons (Fsp3) is 0.455. The number of ether oxygens (including phenoxy) is 1. The molecule has 0 aliphatic carbocycles. The van der Waals surface area contributed by atoms with Crippen molar-refractivity contribution in [2.75, 3.05) is 25.4 Å². The molecule has 82 valence electrons. The van der Waals surface area contributed by atoms with Crippen LogP contribution in [0.5, 0.6) is 0 Å². The van der Waals surface area contributed by atoms with E-state index in [9.17, 15) is 0 Å². The molecule has 0 spiro atoms. The first kappa shape index (κ1) is 11.3. The summed E-state index contributed by atoms with van der Waals surface area (Å²) in [5.41, 5.74) is 0. The summed E-state index contributed by atoms with van der Waals surface area (Å²) in [6.45, 7) is 2.76. The lowest BCUT2D eigenvalue weighted by atomic mass is 10.3. The van der Waals surface area contributed by atoms with Gasteiger partial charge in [-0.05, 0) is 24.3 Å². The van der Waals surface area contributed by atoms with E-state index in [1.165, 1.54) is 4.90 Å². The van der Waals surface area contributed by atoms with Crippen molar-refractivity contribution < 1.29 is 4.74 Å². The van der Waals surface area contributed by atoms with Gasteiger partial charge in [0.2, 0.25) is 0 Å². The summed E-state index contributed by atoms with van der Waals surface area (Å²) in [4.78, 5) is 1.24. The Morgan fingerprint density at radius 2 is 2.20 bits per heavy atom. The maximum absolute atomic E-state index is 5.82. The number of benzene rings is 1. The molecule has 1 aliphatic rings. The minimum absolute atomic E-state index is 0.333. The number of hydrogen-bond acceptors (Lipinski definition) is 3. The largest absolute Gasteiger partial charge is 0.375 e. The first-order chi connectivity index (χ1) is 7.34. The van der Waals surface area contributed by atoms with Crippen LogP contribution in [0.15, 0.2) is 29.2 Å². The van der Waals surface area contributed by atoms with Crippen molar-refractivity contribution in [3.8, 4) is 0 Å². The van der Waals surface area contributed by atoms with Gasteiger partial charge in [0.25, 0.3) is 0 Å². The van der Waals surface area contributed by atoms with Crippen molar-refractivity contribution in [3.63, 3.8) is 0 Å². The van der Waals surface area contributed by atoms with Crippen LogP contribution in [0.2, 0.25) is 5.02 Å². The summed E-state index contributed by atoms with van der Waals surface area (Å²) in [6, 6.07) is 7.93. The van der Waals surface area contributed by atoms with Gasteiger partial charge < -0.3 is 10.1 Å². The molecule has 15 heavy (non-hydrogen) atoms. The molecule has 0 unspecified atom stereocenters. The fourth-order valence-corrected chi connectivity index (χ4v) is 2.49. The van der Waals surface area contributed by atoms with Gasteiger partial charge in [-0.2, -0.15) is 0 Å². The number of thioether (sulfide) groups is 1. The average Bonchev–Trinajstić information content (AvgIpc) is 2.30. The molecule has 1 aromatic rings. The summed E-state index contributed by atoms with van der Waals surface area (Å²) in [6.07, 6.45) is 0.333. The highest BCUT2D eigenvalue weighted by Gasteiger charge is 2.13. The molecule has 1 N–H and O–H groups in total. The molecule has 0 bridgehead atoms. The van der Waals surface area contributed by atoms with Gasteiger partial charge in [0.15, 0.2) is 0 Å². The van der Waals surface area contributed by atoms with E-state index in [2.05, 4.69) is 5.32 Å². The van der Waals surface area contributed by atoms with Gasteiger partial charge in [-0.15, -0.1) is 11.8 Å². The molecule has 0 radical (unpaired) electrons. The molecule has 4 heteroatoms. The van der Waals surface area contributed by atoms with E-state index < -0.39 is 0 Å². The molecular weight excluding hydrogens is 230 g/mol. The van der Waals surface area contributed by atoms with Crippen LogP contribution >= 0.6 is 23.4 Å². The normalized spacial score (nSPS) is 21.5. The third kappa shape index (κ3) is 3.68. The second kappa shape index (κ2) is 5.75. The number of rotatable bonds is 3. The first-order valence-electron chi connectivity index (χ1n) is 5.05. The third-order valence-electron chi connectivity index (χ3n) is 2.25. The maximum atomic E-state index is 5.82. The summed E-state index contributed by atoms with van der Waals surface area (Å²) in [7, 11) is 0. The standard InChI is InChI=1S/C11H14ClNOS/c12-9-1-3-11(4-2-9)15-8-10-7-13-5-6-14-10/h1-4,10,13H,5-8H2/t10-/m0/s1. The Labute approximate surface area is 99.3 Å². The van der Waals surface area contributed by atoms with Crippen molar-refractivity contribution >= 4 is 23.4 Å². The van der Waals surface area contributed by atoms with E-state index in [0.717, 1.165) is 30.5 Å². The molecule has 2 nitrogen and oxygen atoms in total. The lowest BCUT2D eigenvalue weighted by Gasteiger charge is -2.23. The Morgan fingerprint density at radius 3 is 2.87 bits per heavy atom. The molecule has 1 saturated heterocycles. The maximum Gasteiger partial charge on any atom is 0.0793 e. The van der Waals surface area contributed by atoms with E-state index in [-0.39, 0.29) is 0 Å². The van der Waals surface area contributed by atoms with E-state index in [0.29, 0.717) is 6.10 Å². The van der Waals surface area contributed by atoms with E-state index >= 15 is 0 Å². The molecule has 1 fully saturated rings. The monoisotopic (exact) mass is 243 g/mol. The van der Waals surface area contributed by atoms with Gasteiger partial charge >= 0.3 is 0 Å². The van der Waals surface area contributed by atoms with Crippen LogP contribution in [0.3, 0.4) is 0 Å². The van der Waals surface area contributed by atoms with Gasteiger partial charge in [0.1, 0.15) is 0 Å². The zero-order valence-electron chi connectivity index (χ0n) is 8.41. The third-order valence-corrected chi connectivity index (χ3v) is 3.65. The van der Waals surface area contributed by atoms with Gasteiger partial charge in [-0.25, -0.2) is 0 Å². The molecule has 1 aromatic carbocycles. The van der Waals surface area contributed by atoms with Crippen molar-refractivity contribution in [2.45, 2.75) is 11.0 Å². The Kier molecular flexibility index (Phi) is 4.32. The molecule has 1 atom stereocenters. The smallest absolute Gasteiger partial charge is 0.0793 e. The van der Waals surface area contributed by atoms with Crippen LogP contribution in [-0.2, 0) is 4.74 Å². The van der Waals surface area contributed by atoms with Gasteiger partial charge in [0.05, 0.1) is 12.7 Å². The summed E-state index contributed by atoms with van der Waals surface area (Å²) in [5.74, 6) is 0.995. The highest BCUT2D eigenvalue weighted by Crippen LogP contribution is 2.21. The molecule has 0 saturated carbocycles. The zero-order valence-corrected chi connectivity index (χ0v) is 9.98. The number of hydrogen-bond donors (Lipinski definition) is 1. The Bertz CT molecular complexity index is 298. The summed E-state index contributed by atoms with van der Waals surface area (Å²) < 4.78 is 5.61. The Balaban J connectivity index is 1.79.